The van der Waals surface area contributed by atoms with Gasteiger partial charge in [0.05, 0.1) is 37.0 Å². The lowest BCUT2D eigenvalue weighted by molar-refractivity contribution is -0.140. The molecule has 1 aliphatic rings. The van der Waals surface area contributed by atoms with Crippen LogP contribution < -0.4 is 16.0 Å². The Morgan fingerprint density at radius 1 is 0.806 bits per heavy atom. The van der Waals surface area contributed by atoms with Crippen molar-refractivity contribution in [2.45, 2.75) is 98.2 Å². The normalized spacial score (nSPS) is 17.0. The van der Waals surface area contributed by atoms with Crippen molar-refractivity contribution < 1.29 is 44.1 Å². The van der Waals surface area contributed by atoms with Gasteiger partial charge in [0, 0.05) is 94.0 Å². The molecule has 67 heavy (non-hydrogen) atoms. The average Bonchev–Trinajstić information content (AvgIpc) is 3.81. The number of carbonyl (C=O) groups excluding carboxylic acids is 3. The summed E-state index contributed by atoms with van der Waals surface area (Å²) in [5.74, 6) is -4.41. The molecule has 0 saturated carbocycles. The molecule has 2 aromatic carbocycles. The van der Waals surface area contributed by atoms with Crippen LogP contribution in [0.1, 0.15) is 82.7 Å². The minimum absolute atomic E-state index is 0.0337. The van der Waals surface area contributed by atoms with Crippen molar-refractivity contribution in [2.24, 2.45) is 23.7 Å². The second-order valence-electron chi connectivity index (χ2n) is 18.4. The first-order valence-electron chi connectivity index (χ1n) is 23.3. The molecule has 0 bridgehead atoms. The number of hydrogen-bond donors (Lipinski definition) is 7. The van der Waals surface area contributed by atoms with Crippen molar-refractivity contribution in [3.8, 4) is 0 Å². The molecular formula is C49H70N8O9S. The van der Waals surface area contributed by atoms with Gasteiger partial charge in [0.25, 0.3) is 0 Å². The molecule has 1 aliphatic heterocycles. The highest BCUT2D eigenvalue weighted by atomic mass is 32.1. The van der Waals surface area contributed by atoms with Crippen molar-refractivity contribution in [3.05, 3.63) is 83.4 Å². The van der Waals surface area contributed by atoms with Crippen molar-refractivity contribution in [1.29, 1.82) is 0 Å². The molecule has 5 atom stereocenters. The fourth-order valence-corrected chi connectivity index (χ4v) is 8.58. The van der Waals surface area contributed by atoms with E-state index in [1.165, 1.54) is 0 Å². The van der Waals surface area contributed by atoms with E-state index < -0.39 is 29.9 Å². The number of carboxylic acid groups (broad SMARTS) is 3. The van der Waals surface area contributed by atoms with Crippen LogP contribution in [0, 0.1) is 23.7 Å². The van der Waals surface area contributed by atoms with Crippen LogP contribution in [0.5, 0.6) is 0 Å². The number of rotatable bonds is 26. The Hall–Kier alpha value is -5.56. The van der Waals surface area contributed by atoms with E-state index >= 15 is 0 Å². The summed E-state index contributed by atoms with van der Waals surface area (Å²) in [6, 6.07) is 14.6. The van der Waals surface area contributed by atoms with Crippen LogP contribution in [-0.4, -0.2) is 145 Å². The highest BCUT2D eigenvalue weighted by Gasteiger charge is 2.32. The van der Waals surface area contributed by atoms with Crippen LogP contribution in [0.3, 0.4) is 0 Å². The van der Waals surface area contributed by atoms with Crippen LogP contribution in [-0.2, 0) is 54.6 Å². The molecule has 0 spiro atoms. The third kappa shape index (κ3) is 19.3. The first kappa shape index (κ1) is 54.0. The minimum Gasteiger partial charge on any atom is -0.480 e. The average molecular weight is 947 g/mol. The highest BCUT2D eigenvalue weighted by molar-refractivity contribution is 7.80. The van der Waals surface area contributed by atoms with Crippen LogP contribution in [0.4, 0.5) is 5.69 Å². The van der Waals surface area contributed by atoms with Crippen LogP contribution in [0.25, 0.3) is 0 Å². The molecule has 18 heteroatoms. The summed E-state index contributed by atoms with van der Waals surface area (Å²) >= 11 is 5.68. The van der Waals surface area contributed by atoms with E-state index in [9.17, 15) is 44.1 Å². The molecule has 4 rings (SSSR count). The molecule has 0 radical (unpaired) electrons. The number of aliphatic carboxylic acids is 3. The number of anilines is 1. The number of nitrogens with one attached hydrogen (secondary N) is 4. The summed E-state index contributed by atoms with van der Waals surface area (Å²) < 4.78 is 0. The monoisotopic (exact) mass is 946 g/mol. The Morgan fingerprint density at radius 2 is 1.42 bits per heavy atom. The third-order valence-electron chi connectivity index (χ3n) is 12.3. The number of imidazole rings is 1. The van der Waals surface area contributed by atoms with Crippen molar-refractivity contribution in [2.75, 3.05) is 57.7 Å². The lowest BCUT2D eigenvalue weighted by atomic mass is 9.86. The van der Waals surface area contributed by atoms with Crippen LogP contribution in [0.2, 0.25) is 0 Å². The molecule has 2 heterocycles. The highest BCUT2D eigenvalue weighted by Crippen LogP contribution is 2.22. The molecule has 2 unspecified atom stereocenters. The molecular weight excluding hydrogens is 877 g/mol. The maximum absolute atomic E-state index is 13.8. The van der Waals surface area contributed by atoms with Gasteiger partial charge in [-0.1, -0.05) is 89.7 Å². The number of thiocarbonyl (C=S) groups is 1. The lowest BCUT2D eigenvalue weighted by Crippen LogP contribution is -2.49. The van der Waals surface area contributed by atoms with Crippen molar-refractivity contribution in [3.63, 3.8) is 0 Å². The third-order valence-corrected chi connectivity index (χ3v) is 12.6. The number of Topliss-reactive ketones (excluding diaryl/α,β-unsaturated/α-hetero) is 1. The zero-order valence-electron chi connectivity index (χ0n) is 39.5. The summed E-state index contributed by atoms with van der Waals surface area (Å²) in [5.41, 5.74) is 4.55. The molecule has 2 amide bonds. The van der Waals surface area contributed by atoms with Gasteiger partial charge in [-0.2, -0.15) is 0 Å². The SMILES string of the molecule is CCC(C)[C@H](NC(=O)[C@@H](C)Cc1cnc[nH]1)C(=O)C[C@@H](CC(C)C)C(=O)NCc1ccc(CCC(=S)Nc2ccc(CC3CN(CC(=O)O)CCN(CC(=O)O)CCN3CC(=O)O)cc2)cc1. The maximum Gasteiger partial charge on any atom is 0.317 e. The number of hydrogen-bond acceptors (Lipinski definition) is 11. The Bertz CT molecular complexity index is 2080. The summed E-state index contributed by atoms with van der Waals surface area (Å²) in [7, 11) is 0. The van der Waals surface area contributed by atoms with E-state index in [0.717, 1.165) is 28.1 Å². The minimum atomic E-state index is -1.02. The van der Waals surface area contributed by atoms with Gasteiger partial charge < -0.3 is 36.3 Å². The number of benzene rings is 2. The fourth-order valence-electron chi connectivity index (χ4n) is 8.36. The van der Waals surface area contributed by atoms with Gasteiger partial charge in [-0.3, -0.25) is 43.5 Å². The van der Waals surface area contributed by atoms with Gasteiger partial charge in [-0.15, -0.1) is 0 Å². The van der Waals surface area contributed by atoms with E-state index in [1.807, 2.05) is 83.1 Å². The quantitative estimate of drug-likeness (QED) is 0.0549. The molecule has 17 nitrogen and oxygen atoms in total. The number of carbonyl (C=O) groups is 6. The number of aryl methyl sites for hydroxylation is 1. The van der Waals surface area contributed by atoms with Gasteiger partial charge in [-0.05, 0) is 59.9 Å². The molecule has 3 aromatic rings. The molecule has 366 valence electrons. The van der Waals surface area contributed by atoms with Crippen LogP contribution in [0.15, 0.2) is 61.1 Å². The predicted octanol–water partition coefficient (Wildman–Crippen LogP) is 4.51. The fraction of sp³-hybridized carbons (Fsp3) is 0.551. The number of amides is 2. The summed E-state index contributed by atoms with van der Waals surface area (Å²) in [6.07, 6.45) is 6.71. The second kappa shape index (κ2) is 27.3. The summed E-state index contributed by atoms with van der Waals surface area (Å²) in [5, 5.41) is 38.0. The zero-order valence-corrected chi connectivity index (χ0v) is 40.4. The van der Waals surface area contributed by atoms with Gasteiger partial charge >= 0.3 is 17.9 Å². The topological polar surface area (TPSA) is 238 Å². The van der Waals surface area contributed by atoms with Crippen LogP contribution >= 0.6 is 12.2 Å². The largest absolute Gasteiger partial charge is 0.480 e. The maximum atomic E-state index is 13.8. The van der Waals surface area contributed by atoms with Gasteiger partial charge in [0.15, 0.2) is 5.78 Å². The number of H-pyrrole nitrogens is 1. The first-order valence-corrected chi connectivity index (χ1v) is 23.7. The van der Waals surface area contributed by atoms with E-state index in [0.29, 0.717) is 82.8 Å². The summed E-state index contributed by atoms with van der Waals surface area (Å²) in [6.45, 7) is 11.0. The lowest BCUT2D eigenvalue weighted by Gasteiger charge is -2.33. The molecule has 0 aliphatic carbocycles. The van der Waals surface area contributed by atoms with Crippen molar-refractivity contribution in [1.82, 2.24) is 35.3 Å². The number of carboxylic acids is 3. The number of ketones is 1. The second-order valence-corrected chi connectivity index (χ2v) is 18.8. The molecule has 1 fully saturated rings. The van der Waals surface area contributed by atoms with Gasteiger partial charge in [-0.25, -0.2) is 4.98 Å². The number of aromatic amines is 1. The van der Waals surface area contributed by atoms with E-state index in [4.69, 9.17) is 12.2 Å². The summed E-state index contributed by atoms with van der Waals surface area (Å²) in [4.78, 5) is 88.5. The Morgan fingerprint density at radius 3 is 2.03 bits per heavy atom. The van der Waals surface area contributed by atoms with E-state index in [-0.39, 0.29) is 67.4 Å². The first-order chi connectivity index (χ1) is 31.9. The van der Waals surface area contributed by atoms with Gasteiger partial charge in [0.2, 0.25) is 11.8 Å². The molecule has 7 N–H and O–H groups in total. The Balaban J connectivity index is 1.28. The Kier molecular flexibility index (Phi) is 22.0. The number of nitrogens with zero attached hydrogens (tertiary/aromatic N) is 4. The van der Waals surface area contributed by atoms with E-state index in [1.54, 1.807) is 27.2 Å². The van der Waals surface area contributed by atoms with Crippen molar-refractivity contribution >= 4 is 58.4 Å². The zero-order chi connectivity index (χ0) is 49.0. The Labute approximate surface area is 399 Å². The van der Waals surface area contributed by atoms with Gasteiger partial charge in [0.1, 0.15) is 0 Å². The standard InChI is InChI=1S/C49H70N8O9S/c1-6-33(4)47(54-48(65)34(5)22-40-26-50-31-52-40)42(58)24-38(21-32(2)3)49(66)51-25-37-9-7-35(8-10-37)13-16-43(67)53-39-14-11-36(12-15-39)23-41-27-56(29-45(61)62)18-17-55(28-44(59)60)19-20-57(41)30-46(63)64/h7-12,14-15,26,31-34,38,41,47H,6,13,16-25,27-30H2,1-5H3,(H,50,52)(H,51,66)(H,53,67)(H,54,65)(H,59,60)(H,61,62)(H,63,64)/t33?,34-,38+,41?,47-/m0/s1. The number of aromatic nitrogens is 2. The molecule has 1 saturated heterocycles. The predicted molar refractivity (Wildman–Crippen MR) is 260 cm³/mol. The van der Waals surface area contributed by atoms with E-state index in [2.05, 4.69) is 25.9 Å². The smallest absolute Gasteiger partial charge is 0.317 e. The molecule has 1 aromatic heterocycles.